The topological polar surface area (TPSA) is 89.9 Å². The fraction of sp³-hybridized carbons (Fsp3) is 0.471. The van der Waals surface area contributed by atoms with Crippen LogP contribution in [0, 0.1) is 5.92 Å². The minimum atomic E-state index is -0.832. The maximum atomic E-state index is 11.9. The number of rotatable bonds is 2. The highest BCUT2D eigenvalue weighted by Gasteiger charge is 2.44. The molecule has 0 aromatic heterocycles. The predicted molar refractivity (Wildman–Crippen MR) is 81.2 cm³/mol. The van der Waals surface area contributed by atoms with E-state index in [2.05, 4.69) is 6.58 Å². The number of aliphatic hydroxyl groups is 1. The van der Waals surface area contributed by atoms with Crippen LogP contribution in [-0.4, -0.2) is 41.6 Å². The highest BCUT2D eigenvalue weighted by atomic mass is 16.6. The lowest BCUT2D eigenvalue weighted by Gasteiger charge is -2.27. The van der Waals surface area contributed by atoms with Gasteiger partial charge in [-0.05, 0) is 31.1 Å². The molecule has 2 aliphatic rings. The Morgan fingerprint density at radius 2 is 2.13 bits per heavy atom. The molecule has 0 radical (unpaired) electrons. The molecular formula is C17H20O6. The van der Waals surface area contributed by atoms with Gasteiger partial charge in [0, 0.05) is 18.9 Å². The van der Waals surface area contributed by atoms with E-state index in [1.807, 2.05) is 0 Å². The molecule has 1 aliphatic heterocycles. The molecule has 0 aromatic carbocycles. The van der Waals surface area contributed by atoms with Crippen LogP contribution < -0.4 is 0 Å². The molecule has 0 saturated carbocycles. The van der Waals surface area contributed by atoms with Gasteiger partial charge in [-0.2, -0.15) is 0 Å². The molecule has 4 atom stereocenters. The third-order valence-electron chi connectivity index (χ3n) is 3.95. The molecule has 1 heterocycles. The van der Waals surface area contributed by atoms with E-state index >= 15 is 0 Å². The third-order valence-corrected chi connectivity index (χ3v) is 3.95. The second kappa shape index (κ2) is 6.91. The lowest BCUT2D eigenvalue weighted by molar-refractivity contribution is -0.149. The summed E-state index contributed by atoms with van der Waals surface area (Å²) >= 11 is 0. The Bertz CT molecular complexity index is 600. The number of hydrogen-bond acceptors (Lipinski definition) is 6. The predicted octanol–water partition coefficient (Wildman–Crippen LogP) is 1.24. The van der Waals surface area contributed by atoms with Gasteiger partial charge in [0.1, 0.15) is 18.5 Å². The summed E-state index contributed by atoms with van der Waals surface area (Å²) < 4.78 is 10.6. The summed E-state index contributed by atoms with van der Waals surface area (Å²) in [5.74, 6) is -1.62. The van der Waals surface area contributed by atoms with Gasteiger partial charge in [-0.3, -0.25) is 9.59 Å². The highest BCUT2D eigenvalue weighted by molar-refractivity contribution is 5.91. The number of aliphatic hydroxyl groups excluding tert-OH is 1. The lowest BCUT2D eigenvalue weighted by Crippen LogP contribution is -2.33. The van der Waals surface area contributed by atoms with Crippen molar-refractivity contribution in [3.63, 3.8) is 0 Å². The van der Waals surface area contributed by atoms with Crippen molar-refractivity contribution in [3.05, 3.63) is 35.5 Å². The van der Waals surface area contributed by atoms with Gasteiger partial charge in [-0.15, -0.1) is 0 Å². The molecule has 2 rings (SSSR count). The zero-order chi connectivity index (χ0) is 17.1. The average Bonchev–Trinajstić information content (AvgIpc) is 2.70. The molecule has 0 bridgehead atoms. The normalized spacial score (nSPS) is 36.0. The van der Waals surface area contributed by atoms with Gasteiger partial charge < -0.3 is 14.6 Å². The Balaban J connectivity index is 2.46. The minimum absolute atomic E-state index is 0.0872. The molecule has 1 aliphatic carbocycles. The number of carbonyl (C=O) groups is 3. The van der Waals surface area contributed by atoms with Gasteiger partial charge in [0.25, 0.3) is 0 Å². The van der Waals surface area contributed by atoms with E-state index in [1.54, 1.807) is 13.0 Å². The van der Waals surface area contributed by atoms with Crippen LogP contribution in [0.1, 0.15) is 26.7 Å². The Morgan fingerprint density at radius 3 is 2.74 bits per heavy atom. The molecule has 124 valence electrons. The van der Waals surface area contributed by atoms with Gasteiger partial charge in [-0.1, -0.05) is 12.2 Å². The maximum Gasteiger partial charge on any atom is 0.334 e. The number of aldehydes is 1. The molecule has 0 unspecified atom stereocenters. The van der Waals surface area contributed by atoms with Crippen molar-refractivity contribution >= 4 is 18.2 Å². The van der Waals surface area contributed by atoms with Crippen LogP contribution in [0.3, 0.4) is 0 Å². The van der Waals surface area contributed by atoms with E-state index in [0.717, 1.165) is 5.57 Å². The smallest absolute Gasteiger partial charge is 0.334 e. The van der Waals surface area contributed by atoms with Crippen molar-refractivity contribution in [1.29, 1.82) is 0 Å². The van der Waals surface area contributed by atoms with Gasteiger partial charge in [0.05, 0.1) is 12.0 Å². The quantitative estimate of drug-likeness (QED) is 0.356. The van der Waals surface area contributed by atoms with E-state index in [0.29, 0.717) is 18.3 Å². The Kier molecular flexibility index (Phi) is 5.15. The van der Waals surface area contributed by atoms with E-state index < -0.39 is 36.2 Å². The van der Waals surface area contributed by atoms with Gasteiger partial charge in [-0.25, -0.2) is 4.79 Å². The molecular weight excluding hydrogens is 300 g/mol. The van der Waals surface area contributed by atoms with Crippen LogP contribution in [-0.2, 0) is 23.9 Å². The molecule has 0 spiro atoms. The number of ether oxygens (including phenoxy) is 2. The van der Waals surface area contributed by atoms with Crippen LogP contribution in [0.4, 0.5) is 0 Å². The molecule has 6 heteroatoms. The third kappa shape index (κ3) is 3.96. The summed E-state index contributed by atoms with van der Waals surface area (Å²) in [5.41, 5.74) is 1.33. The van der Waals surface area contributed by atoms with Crippen LogP contribution in [0.15, 0.2) is 35.5 Å². The Morgan fingerprint density at radius 1 is 1.43 bits per heavy atom. The van der Waals surface area contributed by atoms with Crippen molar-refractivity contribution in [2.24, 2.45) is 5.92 Å². The molecule has 1 saturated heterocycles. The van der Waals surface area contributed by atoms with Crippen molar-refractivity contribution in [3.8, 4) is 0 Å². The van der Waals surface area contributed by atoms with Gasteiger partial charge in [0.15, 0.2) is 0 Å². The molecule has 1 N–H and O–H groups in total. The first-order valence-electron chi connectivity index (χ1n) is 7.40. The SMILES string of the molecule is C=C1C(=O)O[C@@H]2/C=C(\C)C[C@H](O)/C=C(/C=O)C[C@H](OC(C)=O)[C@H]12. The number of fused-ring (bicyclic) bond motifs is 1. The summed E-state index contributed by atoms with van der Waals surface area (Å²) in [4.78, 5) is 34.5. The van der Waals surface area contributed by atoms with Crippen LogP contribution in [0.25, 0.3) is 0 Å². The van der Waals surface area contributed by atoms with Crippen LogP contribution >= 0.6 is 0 Å². The second-order valence-electron chi connectivity index (χ2n) is 5.92. The monoisotopic (exact) mass is 320 g/mol. The summed E-state index contributed by atoms with van der Waals surface area (Å²) in [5, 5.41) is 10.0. The molecule has 23 heavy (non-hydrogen) atoms. The summed E-state index contributed by atoms with van der Waals surface area (Å²) in [6, 6.07) is 0. The van der Waals surface area contributed by atoms with E-state index in [-0.39, 0.29) is 12.0 Å². The van der Waals surface area contributed by atoms with E-state index in [4.69, 9.17) is 9.47 Å². The summed E-state index contributed by atoms with van der Waals surface area (Å²) in [7, 11) is 0. The minimum Gasteiger partial charge on any atom is -0.461 e. The zero-order valence-corrected chi connectivity index (χ0v) is 13.2. The molecule has 6 nitrogen and oxygen atoms in total. The van der Waals surface area contributed by atoms with Crippen LogP contribution in [0.5, 0.6) is 0 Å². The molecule has 1 fully saturated rings. The fourth-order valence-corrected chi connectivity index (χ4v) is 3.01. The largest absolute Gasteiger partial charge is 0.461 e. The fourth-order valence-electron chi connectivity index (χ4n) is 3.01. The lowest BCUT2D eigenvalue weighted by atomic mass is 9.85. The van der Waals surface area contributed by atoms with Crippen molar-refractivity contribution in [2.75, 3.05) is 0 Å². The number of carbonyl (C=O) groups excluding carboxylic acids is 3. The first-order valence-corrected chi connectivity index (χ1v) is 7.40. The van der Waals surface area contributed by atoms with Gasteiger partial charge >= 0.3 is 11.9 Å². The number of hydrogen-bond donors (Lipinski definition) is 1. The van der Waals surface area contributed by atoms with Crippen LogP contribution in [0.2, 0.25) is 0 Å². The molecule has 0 amide bonds. The zero-order valence-electron chi connectivity index (χ0n) is 13.2. The van der Waals surface area contributed by atoms with Crippen molar-refractivity contribution in [1.82, 2.24) is 0 Å². The Hall–Kier alpha value is -2.21. The highest BCUT2D eigenvalue weighted by Crippen LogP contribution is 2.36. The Labute approximate surface area is 134 Å². The first kappa shape index (κ1) is 17.1. The maximum absolute atomic E-state index is 11.9. The second-order valence-corrected chi connectivity index (χ2v) is 5.92. The average molecular weight is 320 g/mol. The summed E-state index contributed by atoms with van der Waals surface area (Å²) in [6.45, 7) is 6.80. The van der Waals surface area contributed by atoms with Gasteiger partial charge in [0.2, 0.25) is 0 Å². The first-order chi connectivity index (χ1) is 10.8. The summed E-state index contributed by atoms with van der Waals surface area (Å²) in [6.07, 6.45) is 1.99. The van der Waals surface area contributed by atoms with Crippen molar-refractivity contribution < 1.29 is 29.0 Å². The van der Waals surface area contributed by atoms with Crippen molar-refractivity contribution in [2.45, 2.75) is 45.0 Å². The molecule has 0 aromatic rings. The number of esters is 2. The van der Waals surface area contributed by atoms with E-state index in [9.17, 15) is 19.5 Å². The standard InChI is InChI=1S/C17H20O6/c1-9-4-13(20)6-12(8-18)7-15(22-11(3)19)16-10(2)17(21)23-14(16)5-9/h5-6,8,13-16,20H,2,4,7H2,1,3H3/b9-5+,12-6+/t13-,14+,15-,16+/m0/s1. The van der Waals surface area contributed by atoms with E-state index in [1.165, 1.54) is 13.0 Å².